The van der Waals surface area contributed by atoms with Crippen LogP contribution in [0.1, 0.15) is 25.7 Å². The van der Waals surface area contributed by atoms with Crippen molar-refractivity contribution in [3.63, 3.8) is 0 Å². The van der Waals surface area contributed by atoms with Gasteiger partial charge < -0.3 is 4.74 Å². The topological polar surface area (TPSA) is 26.3 Å². The summed E-state index contributed by atoms with van der Waals surface area (Å²) >= 11 is 0. The second-order valence-electron chi connectivity index (χ2n) is 3.05. The summed E-state index contributed by atoms with van der Waals surface area (Å²) in [6.07, 6.45) is 7.99. The van der Waals surface area contributed by atoms with Gasteiger partial charge in [-0.15, -0.1) is 0 Å². The van der Waals surface area contributed by atoms with Gasteiger partial charge in [0.15, 0.2) is 5.97 Å². The maximum Gasteiger partial charge on any atom is 0.170 e. The van der Waals surface area contributed by atoms with E-state index in [1.54, 1.807) is 0 Å². The predicted molar refractivity (Wildman–Crippen MR) is 40.7 cm³/mol. The van der Waals surface area contributed by atoms with Crippen molar-refractivity contribution in [1.29, 1.82) is 0 Å². The Balaban J connectivity index is 0.000000720. The van der Waals surface area contributed by atoms with Gasteiger partial charge in [-0.05, 0) is 12.5 Å². The van der Waals surface area contributed by atoms with Crippen molar-refractivity contribution in [1.82, 2.24) is 0 Å². The average Bonchev–Trinajstić information content (AvgIpc) is 1.92. The first-order valence-corrected chi connectivity index (χ1v) is 4.08. The number of carbonyl (C=O) groups is 1. The van der Waals surface area contributed by atoms with E-state index in [0.29, 0.717) is 0 Å². The summed E-state index contributed by atoms with van der Waals surface area (Å²) in [6, 6.07) is 0. The van der Waals surface area contributed by atoms with E-state index in [9.17, 15) is 4.79 Å². The van der Waals surface area contributed by atoms with Crippen LogP contribution >= 0.6 is 0 Å². The summed E-state index contributed by atoms with van der Waals surface area (Å²) in [5, 5.41) is 0. The van der Waals surface area contributed by atoms with Crippen LogP contribution in [0.5, 0.6) is 0 Å². The van der Waals surface area contributed by atoms with Gasteiger partial charge in [0, 0.05) is 20.4 Å². The number of fused-ring (bicyclic) bond motifs is 4. The summed E-state index contributed by atoms with van der Waals surface area (Å²) in [7, 11) is 0. The Kier molecular flexibility index (Phi) is 3.37. The second-order valence-corrected chi connectivity index (χ2v) is 3.05. The van der Waals surface area contributed by atoms with Gasteiger partial charge in [0.1, 0.15) is 6.10 Å². The molecule has 0 spiro atoms. The second kappa shape index (κ2) is 4.11. The van der Waals surface area contributed by atoms with Gasteiger partial charge in [0.05, 0.1) is 0 Å². The number of ether oxygens (including phenoxy) is 1. The van der Waals surface area contributed by atoms with Crippen LogP contribution < -0.4 is 0 Å². The summed E-state index contributed by atoms with van der Waals surface area (Å²) in [5.41, 5.74) is 0. The SMILES string of the molecule is O=C1O[C@H]2C=CCC[C-]1CC2.[Re]. The minimum Gasteiger partial charge on any atom is -0.481 e. The Morgan fingerprint density at radius 2 is 2.33 bits per heavy atom. The first kappa shape index (κ1) is 9.83. The van der Waals surface area contributed by atoms with Crippen molar-refractivity contribution in [2.45, 2.75) is 31.8 Å². The zero-order valence-corrected chi connectivity index (χ0v) is 9.47. The fourth-order valence-electron chi connectivity index (χ4n) is 1.57. The molecular formula is C9H11O2Re-. The van der Waals surface area contributed by atoms with E-state index in [1.165, 1.54) is 0 Å². The Morgan fingerprint density at radius 3 is 3.08 bits per heavy atom. The van der Waals surface area contributed by atoms with Crippen LogP contribution in [-0.4, -0.2) is 12.1 Å². The monoisotopic (exact) mass is 338 g/mol. The third kappa shape index (κ3) is 1.91. The molecule has 2 aliphatic heterocycles. The van der Waals surface area contributed by atoms with Gasteiger partial charge in [-0.2, -0.15) is 12.8 Å². The predicted octanol–water partition coefficient (Wildman–Crippen LogP) is 1.61. The van der Waals surface area contributed by atoms with Crippen LogP contribution in [0.2, 0.25) is 0 Å². The number of rotatable bonds is 0. The molecule has 1 atom stereocenters. The molecule has 2 bridgehead atoms. The summed E-state index contributed by atoms with van der Waals surface area (Å²) in [6.45, 7) is 0. The molecule has 0 N–H and O–H groups in total. The van der Waals surface area contributed by atoms with Crippen molar-refractivity contribution in [3.8, 4) is 0 Å². The normalized spacial score (nSPS) is 27.2. The molecule has 2 heterocycles. The molecule has 1 aliphatic carbocycles. The van der Waals surface area contributed by atoms with Gasteiger partial charge >= 0.3 is 0 Å². The summed E-state index contributed by atoms with van der Waals surface area (Å²) < 4.78 is 5.13. The number of allylic oxidation sites excluding steroid dienone is 1. The third-order valence-corrected chi connectivity index (χ3v) is 2.24. The van der Waals surface area contributed by atoms with Gasteiger partial charge in [-0.3, -0.25) is 10.7 Å². The van der Waals surface area contributed by atoms with Crippen LogP contribution in [0.15, 0.2) is 12.2 Å². The van der Waals surface area contributed by atoms with Crippen LogP contribution in [0.4, 0.5) is 0 Å². The fraction of sp³-hybridized carbons (Fsp3) is 0.556. The minimum atomic E-state index is -0.0643. The first-order valence-electron chi connectivity index (χ1n) is 4.08. The molecule has 3 heteroatoms. The molecule has 0 saturated carbocycles. The van der Waals surface area contributed by atoms with Crippen LogP contribution in [0, 0.1) is 5.92 Å². The van der Waals surface area contributed by atoms with Gasteiger partial charge in [0.2, 0.25) is 0 Å². The van der Waals surface area contributed by atoms with Crippen molar-refractivity contribution in [2.24, 2.45) is 0 Å². The van der Waals surface area contributed by atoms with Crippen LogP contribution in [-0.2, 0) is 30.0 Å². The number of carbonyl (C=O) groups excluding carboxylic acids is 1. The Labute approximate surface area is 86.0 Å². The molecule has 67 valence electrons. The molecule has 1 saturated heterocycles. The molecule has 3 aliphatic rings. The molecule has 0 aromatic heterocycles. The van der Waals surface area contributed by atoms with Crippen molar-refractivity contribution >= 4 is 5.97 Å². The van der Waals surface area contributed by atoms with E-state index in [1.807, 2.05) is 6.08 Å². The van der Waals surface area contributed by atoms with E-state index in [4.69, 9.17) is 4.74 Å². The maximum absolute atomic E-state index is 11.1. The molecule has 0 aromatic carbocycles. The largest absolute Gasteiger partial charge is 0.481 e. The minimum absolute atomic E-state index is 0. The summed E-state index contributed by atoms with van der Waals surface area (Å²) in [4.78, 5) is 11.1. The number of hydrogen-bond acceptors (Lipinski definition) is 2. The van der Waals surface area contributed by atoms with E-state index in [-0.39, 0.29) is 32.5 Å². The maximum atomic E-state index is 11.1. The molecular weight excluding hydrogens is 326 g/mol. The van der Waals surface area contributed by atoms with Gasteiger partial charge in [-0.25, -0.2) is 0 Å². The molecule has 12 heavy (non-hydrogen) atoms. The van der Waals surface area contributed by atoms with Crippen molar-refractivity contribution in [2.75, 3.05) is 0 Å². The molecule has 0 amide bonds. The molecule has 0 aromatic rings. The van der Waals surface area contributed by atoms with E-state index in [0.717, 1.165) is 31.6 Å². The van der Waals surface area contributed by atoms with E-state index < -0.39 is 0 Å². The average molecular weight is 337 g/mol. The third-order valence-electron chi connectivity index (χ3n) is 2.24. The Morgan fingerprint density at radius 1 is 1.50 bits per heavy atom. The number of hydrogen-bond donors (Lipinski definition) is 0. The van der Waals surface area contributed by atoms with Crippen molar-refractivity contribution < 1.29 is 30.0 Å². The van der Waals surface area contributed by atoms with Crippen LogP contribution in [0.3, 0.4) is 0 Å². The fourth-order valence-corrected chi connectivity index (χ4v) is 1.57. The van der Waals surface area contributed by atoms with Crippen molar-refractivity contribution in [3.05, 3.63) is 18.1 Å². The molecule has 2 nitrogen and oxygen atoms in total. The standard InChI is InChI=1S/C9H11O2.Re/c10-9-7-3-1-2-4-8(11-9)6-5-7;/h2,4,8H,1,3,5-6H2;/q-1;/t8-;/m0./s1. The Bertz CT molecular complexity index is 201. The van der Waals surface area contributed by atoms with E-state index >= 15 is 0 Å². The van der Waals surface area contributed by atoms with Gasteiger partial charge in [0.25, 0.3) is 0 Å². The zero-order chi connectivity index (χ0) is 7.68. The molecule has 1 radical (unpaired) electrons. The van der Waals surface area contributed by atoms with E-state index in [2.05, 4.69) is 6.08 Å². The Hall–Kier alpha value is -0.258. The number of esters is 1. The molecule has 3 rings (SSSR count). The quantitative estimate of drug-likeness (QED) is 0.381. The summed E-state index contributed by atoms with van der Waals surface area (Å²) in [5.74, 6) is 0.913. The molecule has 0 unspecified atom stereocenters. The zero-order valence-electron chi connectivity index (χ0n) is 6.75. The first-order chi connectivity index (χ1) is 5.36. The van der Waals surface area contributed by atoms with Crippen LogP contribution in [0.25, 0.3) is 0 Å². The molecule has 1 fully saturated rings. The van der Waals surface area contributed by atoms with Gasteiger partial charge in [-0.1, -0.05) is 12.5 Å². The smallest absolute Gasteiger partial charge is 0.170 e.